The van der Waals surface area contributed by atoms with Crippen molar-refractivity contribution in [2.45, 2.75) is 58.6 Å². The first-order valence-electron chi connectivity index (χ1n) is 9.36. The second-order valence-electron chi connectivity index (χ2n) is 6.72. The van der Waals surface area contributed by atoms with Crippen molar-refractivity contribution in [3.8, 4) is 0 Å². The number of anilines is 2. The second-order valence-corrected chi connectivity index (χ2v) is 7.15. The predicted octanol–water partition coefficient (Wildman–Crippen LogP) is 2.90. The molecule has 0 aromatic carbocycles. The summed E-state index contributed by atoms with van der Waals surface area (Å²) in [6, 6.07) is 0. The number of aromatic nitrogens is 2. The Bertz CT molecular complexity index is 668. The van der Waals surface area contributed by atoms with E-state index in [1.54, 1.807) is 18.6 Å². The summed E-state index contributed by atoms with van der Waals surface area (Å²) < 4.78 is 0. The average Bonchev–Trinajstić information content (AvgIpc) is 2.66. The summed E-state index contributed by atoms with van der Waals surface area (Å²) in [5.41, 5.74) is 12.5. The minimum absolute atomic E-state index is 0.0960. The molecule has 0 spiro atoms. The second kappa shape index (κ2) is 9.98. The van der Waals surface area contributed by atoms with E-state index in [9.17, 15) is 0 Å². The van der Waals surface area contributed by atoms with Gasteiger partial charge in [-0.25, -0.2) is 4.98 Å². The summed E-state index contributed by atoms with van der Waals surface area (Å²) in [6.07, 6.45) is 7.32. The number of halogens is 1. The Morgan fingerprint density at radius 2 is 2.04 bits per heavy atom. The van der Waals surface area contributed by atoms with Crippen LogP contribution < -0.4 is 21.6 Å². The van der Waals surface area contributed by atoms with Crippen molar-refractivity contribution in [1.82, 2.24) is 15.6 Å². The number of nitrogens with one attached hydrogen (secondary N) is 2. The van der Waals surface area contributed by atoms with Gasteiger partial charge in [-0.2, -0.15) is 0 Å². The van der Waals surface area contributed by atoms with Gasteiger partial charge in [0.2, 0.25) is 0 Å². The molecule has 0 radical (unpaired) electrons. The first-order valence-corrected chi connectivity index (χ1v) is 9.74. The van der Waals surface area contributed by atoms with Crippen LogP contribution in [0.4, 0.5) is 11.6 Å². The monoisotopic (exact) mass is 395 g/mol. The van der Waals surface area contributed by atoms with Gasteiger partial charge < -0.3 is 10.6 Å². The Labute approximate surface area is 166 Å². The Balaban J connectivity index is 0.00000126. The summed E-state index contributed by atoms with van der Waals surface area (Å²) in [6.45, 7) is 9.72. The number of rotatable bonds is 5. The number of hydrazine groups is 1. The van der Waals surface area contributed by atoms with Crippen LogP contribution in [0.2, 0.25) is 0 Å². The lowest BCUT2D eigenvalue weighted by Gasteiger charge is -2.37. The summed E-state index contributed by atoms with van der Waals surface area (Å²) in [5, 5.41) is 0.548. The van der Waals surface area contributed by atoms with Gasteiger partial charge in [-0.15, -0.1) is 5.59 Å². The number of piperidine rings is 1. The number of nitrogens with zero attached hydrogens (tertiary/aromatic N) is 4. The highest BCUT2D eigenvalue weighted by atomic mass is 35.5. The van der Waals surface area contributed by atoms with E-state index in [-0.39, 0.29) is 11.6 Å². The third kappa shape index (κ3) is 6.14. The van der Waals surface area contributed by atoms with Gasteiger partial charge in [0, 0.05) is 37.5 Å². The molecular weight excluding hydrogens is 366 g/mol. The molecule has 1 fully saturated rings. The molecule has 2 aliphatic rings. The molecule has 1 atom stereocenters. The molecule has 0 amide bonds. The molecule has 0 bridgehead atoms. The fraction of sp³-hybridized carbons (Fsp3) is 0.611. The van der Waals surface area contributed by atoms with Crippen LogP contribution in [0.5, 0.6) is 0 Å². The van der Waals surface area contributed by atoms with Gasteiger partial charge in [0.15, 0.2) is 5.82 Å². The molecule has 1 saturated heterocycles. The van der Waals surface area contributed by atoms with Crippen LogP contribution in [0, 0.1) is 6.92 Å². The van der Waals surface area contributed by atoms with Crippen molar-refractivity contribution in [3.63, 3.8) is 0 Å². The number of nitrogens with two attached hydrogens (primary N) is 1. The van der Waals surface area contributed by atoms with Crippen molar-refractivity contribution in [2.24, 2.45) is 10.7 Å². The van der Waals surface area contributed by atoms with E-state index in [1.165, 1.54) is 0 Å². The lowest BCUT2D eigenvalue weighted by molar-refractivity contribution is 0.0154. The zero-order valence-corrected chi connectivity index (χ0v) is 17.3. The number of aliphatic imine (C=N–C) groups is 1. The zero-order chi connectivity index (χ0) is 19.9. The topological polar surface area (TPSA) is 101 Å². The maximum absolute atomic E-state index is 6.19. The molecule has 150 valence electrons. The van der Waals surface area contributed by atoms with Crippen LogP contribution >= 0.6 is 11.6 Å². The van der Waals surface area contributed by atoms with Crippen LogP contribution in [-0.4, -0.2) is 40.9 Å². The van der Waals surface area contributed by atoms with E-state index in [0.29, 0.717) is 17.3 Å². The SMILES string of the molecule is CC.Cc1ncc(N2CCC(C)(N)CC2)nc1NNOC1CC=NC=C1Cl. The Kier molecular flexibility index (Phi) is 7.97. The van der Waals surface area contributed by atoms with E-state index in [4.69, 9.17) is 22.2 Å². The van der Waals surface area contributed by atoms with E-state index in [1.807, 2.05) is 20.8 Å². The predicted molar refractivity (Wildman–Crippen MR) is 111 cm³/mol. The first-order chi connectivity index (χ1) is 12.9. The van der Waals surface area contributed by atoms with Crippen molar-refractivity contribution < 1.29 is 4.84 Å². The molecule has 8 nitrogen and oxygen atoms in total. The molecular formula is C18H30ClN7O. The normalized spacial score (nSPS) is 21.2. The van der Waals surface area contributed by atoms with E-state index < -0.39 is 0 Å². The molecule has 1 aromatic heterocycles. The number of hydrogen-bond acceptors (Lipinski definition) is 8. The Morgan fingerprint density at radius 3 is 2.70 bits per heavy atom. The van der Waals surface area contributed by atoms with Gasteiger partial charge in [0.1, 0.15) is 11.9 Å². The van der Waals surface area contributed by atoms with Crippen molar-refractivity contribution >= 4 is 29.5 Å². The number of hydrogen-bond donors (Lipinski definition) is 3. The molecule has 27 heavy (non-hydrogen) atoms. The highest BCUT2D eigenvalue weighted by Gasteiger charge is 2.26. The third-order valence-corrected chi connectivity index (χ3v) is 4.81. The summed E-state index contributed by atoms with van der Waals surface area (Å²) in [7, 11) is 0. The molecule has 9 heteroatoms. The molecule has 3 heterocycles. The number of aryl methyl sites for hydroxylation is 1. The van der Waals surface area contributed by atoms with E-state index in [0.717, 1.165) is 37.4 Å². The molecule has 1 aromatic rings. The van der Waals surface area contributed by atoms with E-state index >= 15 is 0 Å². The summed E-state index contributed by atoms with van der Waals surface area (Å²) in [5.74, 6) is 1.44. The molecule has 4 N–H and O–H groups in total. The van der Waals surface area contributed by atoms with Crippen molar-refractivity contribution in [1.29, 1.82) is 0 Å². The van der Waals surface area contributed by atoms with E-state index in [2.05, 4.69) is 37.8 Å². The highest BCUT2D eigenvalue weighted by molar-refractivity contribution is 6.30. The van der Waals surface area contributed by atoms with Crippen LogP contribution in [0.15, 0.2) is 22.4 Å². The standard InChI is InChI=1S/C16H24ClN7O.C2H6/c1-11-15(22-23-25-13-3-6-19-9-12(13)17)21-14(10-20-11)24-7-4-16(2,18)5-8-24;1-2/h6,9-10,13,23H,3-5,7-8,18H2,1-2H3,(H,21,22);1-2H3. The Hall–Kier alpha value is -1.74. The molecule has 2 aliphatic heterocycles. The highest BCUT2D eigenvalue weighted by Crippen LogP contribution is 2.24. The maximum Gasteiger partial charge on any atom is 0.165 e. The molecule has 0 saturated carbocycles. The lowest BCUT2D eigenvalue weighted by Crippen LogP contribution is -2.48. The van der Waals surface area contributed by atoms with Gasteiger partial charge >= 0.3 is 0 Å². The zero-order valence-electron chi connectivity index (χ0n) is 16.5. The lowest BCUT2D eigenvalue weighted by atomic mass is 9.91. The summed E-state index contributed by atoms with van der Waals surface area (Å²) >= 11 is 6.06. The van der Waals surface area contributed by atoms with Crippen LogP contribution in [0.1, 0.15) is 45.7 Å². The van der Waals surface area contributed by atoms with Gasteiger partial charge in [-0.1, -0.05) is 25.4 Å². The Morgan fingerprint density at radius 1 is 1.33 bits per heavy atom. The first kappa shape index (κ1) is 21.6. The van der Waals surface area contributed by atoms with Crippen molar-refractivity contribution in [2.75, 3.05) is 23.4 Å². The summed E-state index contributed by atoms with van der Waals surface area (Å²) in [4.78, 5) is 20.8. The molecule has 1 unspecified atom stereocenters. The molecule has 3 rings (SSSR count). The quantitative estimate of drug-likeness (QED) is 0.659. The smallest absolute Gasteiger partial charge is 0.165 e. The fourth-order valence-electron chi connectivity index (χ4n) is 2.69. The van der Waals surface area contributed by atoms with Gasteiger partial charge in [0.05, 0.1) is 16.9 Å². The van der Waals surface area contributed by atoms with Crippen LogP contribution in [-0.2, 0) is 4.84 Å². The van der Waals surface area contributed by atoms with Crippen molar-refractivity contribution in [3.05, 3.63) is 23.1 Å². The maximum atomic E-state index is 6.19. The minimum Gasteiger partial charge on any atom is -0.355 e. The van der Waals surface area contributed by atoms with Gasteiger partial charge in [-0.05, 0) is 26.7 Å². The minimum atomic E-state index is -0.271. The largest absolute Gasteiger partial charge is 0.355 e. The third-order valence-electron chi connectivity index (χ3n) is 4.47. The van der Waals surface area contributed by atoms with Crippen LogP contribution in [0.25, 0.3) is 0 Å². The average molecular weight is 396 g/mol. The fourth-order valence-corrected chi connectivity index (χ4v) is 2.88. The van der Waals surface area contributed by atoms with Crippen LogP contribution in [0.3, 0.4) is 0 Å². The van der Waals surface area contributed by atoms with Gasteiger partial charge in [-0.3, -0.25) is 20.2 Å². The van der Waals surface area contributed by atoms with Gasteiger partial charge in [0.25, 0.3) is 0 Å². The molecule has 0 aliphatic carbocycles.